The third kappa shape index (κ3) is 3.82. The van der Waals surface area contributed by atoms with Crippen LogP contribution in [0.3, 0.4) is 0 Å². The number of rotatable bonds is 6. The van der Waals surface area contributed by atoms with Gasteiger partial charge in [0.2, 0.25) is 0 Å². The fourth-order valence-electron chi connectivity index (χ4n) is 3.47. The second kappa shape index (κ2) is 7.40. The first-order valence-electron chi connectivity index (χ1n) is 8.67. The third-order valence-corrected chi connectivity index (χ3v) is 4.85. The van der Waals surface area contributed by atoms with Gasteiger partial charge in [-0.3, -0.25) is 4.90 Å². The van der Waals surface area contributed by atoms with E-state index in [1.54, 1.807) is 4.90 Å². The number of nitrogens with zero attached hydrogens (tertiary/aromatic N) is 2. The first-order valence-corrected chi connectivity index (χ1v) is 8.67. The van der Waals surface area contributed by atoms with Crippen molar-refractivity contribution in [2.45, 2.75) is 31.9 Å². The summed E-state index contributed by atoms with van der Waals surface area (Å²) in [5.74, 6) is 0.790. The molecule has 24 heavy (non-hydrogen) atoms. The molecule has 2 heterocycles. The van der Waals surface area contributed by atoms with Crippen LogP contribution in [0.5, 0.6) is 5.75 Å². The minimum atomic E-state index is -0.282. The molecule has 0 bridgehead atoms. The largest absolute Gasteiger partial charge is 0.491 e. The number of amides is 1. The highest BCUT2D eigenvalue weighted by Crippen LogP contribution is 2.33. The van der Waals surface area contributed by atoms with Crippen molar-refractivity contribution in [3.05, 3.63) is 29.8 Å². The van der Waals surface area contributed by atoms with Gasteiger partial charge >= 0.3 is 6.09 Å². The van der Waals surface area contributed by atoms with E-state index in [-0.39, 0.29) is 18.3 Å². The van der Waals surface area contributed by atoms with E-state index in [1.807, 2.05) is 25.1 Å². The molecule has 1 aromatic carbocycles. The molecule has 2 aliphatic heterocycles. The molecular weight excluding hydrogens is 308 g/mol. The second-order valence-electron chi connectivity index (χ2n) is 6.56. The Balaban J connectivity index is 1.53. The molecule has 6 heteroatoms. The molecule has 1 aromatic rings. The molecule has 3 rings (SSSR count). The zero-order chi connectivity index (χ0) is 17.0. The van der Waals surface area contributed by atoms with Crippen molar-refractivity contribution >= 4 is 6.09 Å². The maximum atomic E-state index is 11.8. The highest BCUT2D eigenvalue weighted by atomic mass is 16.6. The molecule has 0 aliphatic carbocycles. The molecular formula is C18H26N2O4. The molecule has 0 aromatic heterocycles. The lowest BCUT2D eigenvalue weighted by molar-refractivity contribution is -0.00124. The number of hydrogen-bond donors (Lipinski definition) is 1. The van der Waals surface area contributed by atoms with Crippen molar-refractivity contribution in [3.8, 4) is 5.75 Å². The summed E-state index contributed by atoms with van der Waals surface area (Å²) in [6, 6.07) is 7.99. The zero-order valence-corrected chi connectivity index (χ0v) is 14.2. The van der Waals surface area contributed by atoms with Gasteiger partial charge in [-0.15, -0.1) is 0 Å². The van der Waals surface area contributed by atoms with Crippen molar-refractivity contribution in [2.24, 2.45) is 0 Å². The number of benzene rings is 1. The van der Waals surface area contributed by atoms with E-state index in [1.165, 1.54) is 5.56 Å². The van der Waals surface area contributed by atoms with E-state index in [9.17, 15) is 4.79 Å². The average molecular weight is 334 g/mol. The summed E-state index contributed by atoms with van der Waals surface area (Å²) in [5.41, 5.74) is 0.912. The van der Waals surface area contributed by atoms with E-state index in [4.69, 9.17) is 14.6 Å². The van der Waals surface area contributed by atoms with Crippen molar-refractivity contribution in [1.29, 1.82) is 0 Å². The molecule has 2 saturated heterocycles. The van der Waals surface area contributed by atoms with Gasteiger partial charge in [-0.05, 0) is 24.6 Å². The summed E-state index contributed by atoms with van der Waals surface area (Å²) in [7, 11) is 0. The van der Waals surface area contributed by atoms with Crippen LogP contribution < -0.4 is 4.74 Å². The first-order chi connectivity index (χ1) is 11.6. The minimum absolute atomic E-state index is 0.0198. The summed E-state index contributed by atoms with van der Waals surface area (Å²) >= 11 is 0. The van der Waals surface area contributed by atoms with Crippen LogP contribution in [-0.4, -0.2) is 66.0 Å². The summed E-state index contributed by atoms with van der Waals surface area (Å²) in [4.78, 5) is 16.0. The van der Waals surface area contributed by atoms with Gasteiger partial charge in [0.15, 0.2) is 0 Å². The van der Waals surface area contributed by atoms with Gasteiger partial charge in [0.1, 0.15) is 18.0 Å². The number of ether oxygens (including phenoxy) is 2. The Hall–Kier alpha value is -1.79. The molecule has 0 saturated carbocycles. The number of likely N-dealkylation sites (tertiary alicyclic amines) is 1. The Morgan fingerprint density at radius 1 is 1.33 bits per heavy atom. The summed E-state index contributed by atoms with van der Waals surface area (Å²) in [6.07, 6.45) is 1.60. The monoisotopic (exact) mass is 334 g/mol. The molecule has 132 valence electrons. The number of aliphatic hydroxyl groups is 1. The highest BCUT2D eigenvalue weighted by Gasteiger charge is 2.46. The van der Waals surface area contributed by atoms with Crippen molar-refractivity contribution in [3.63, 3.8) is 0 Å². The standard InChI is InChI=1S/C18H26N2O4/c1-2-20-14-18(24-17(20)22)6-8-19(9-7-18)13-15-4-3-5-16(12-15)23-11-10-21/h3-5,12,21H,2,6-11,13-14H2,1H3. The number of hydrogen-bond acceptors (Lipinski definition) is 5. The topological polar surface area (TPSA) is 62.2 Å². The highest BCUT2D eigenvalue weighted by molar-refractivity contribution is 5.70. The Bertz CT molecular complexity index is 570. The lowest BCUT2D eigenvalue weighted by Crippen LogP contribution is -2.46. The SMILES string of the molecule is CCN1CC2(CCN(Cc3cccc(OCCO)c3)CC2)OC1=O. The number of piperidine rings is 1. The molecule has 2 fully saturated rings. The van der Waals surface area contributed by atoms with Gasteiger partial charge in [-0.1, -0.05) is 12.1 Å². The second-order valence-corrected chi connectivity index (χ2v) is 6.56. The summed E-state index contributed by atoms with van der Waals surface area (Å²) in [6.45, 7) is 6.46. The first kappa shape index (κ1) is 17.0. The lowest BCUT2D eigenvalue weighted by atomic mass is 9.91. The lowest BCUT2D eigenvalue weighted by Gasteiger charge is -2.37. The van der Waals surface area contributed by atoms with Gasteiger partial charge in [-0.2, -0.15) is 0 Å². The predicted molar refractivity (Wildman–Crippen MR) is 90.0 cm³/mol. The molecule has 1 N–H and O–H groups in total. The van der Waals surface area contributed by atoms with Crippen molar-refractivity contribution in [1.82, 2.24) is 9.80 Å². The minimum Gasteiger partial charge on any atom is -0.491 e. The molecule has 6 nitrogen and oxygen atoms in total. The van der Waals surface area contributed by atoms with Crippen LogP contribution in [0.15, 0.2) is 24.3 Å². The summed E-state index contributed by atoms with van der Waals surface area (Å²) < 4.78 is 11.1. The van der Waals surface area contributed by atoms with Crippen LogP contribution in [0.4, 0.5) is 4.79 Å². The Labute approximate surface area is 143 Å². The summed E-state index contributed by atoms with van der Waals surface area (Å²) in [5, 5.41) is 8.84. The van der Waals surface area contributed by atoms with Gasteiger partial charge in [-0.25, -0.2) is 4.79 Å². The fourth-order valence-corrected chi connectivity index (χ4v) is 3.47. The zero-order valence-electron chi connectivity index (χ0n) is 14.2. The Kier molecular flexibility index (Phi) is 5.26. The number of carbonyl (C=O) groups is 1. The van der Waals surface area contributed by atoms with E-state index in [2.05, 4.69) is 11.0 Å². The number of likely N-dealkylation sites (N-methyl/N-ethyl adjacent to an activating group) is 1. The van der Waals surface area contributed by atoms with Gasteiger partial charge in [0.05, 0.1) is 13.2 Å². The van der Waals surface area contributed by atoms with Crippen LogP contribution in [0, 0.1) is 0 Å². The maximum Gasteiger partial charge on any atom is 0.410 e. The fraction of sp³-hybridized carbons (Fsp3) is 0.611. The van der Waals surface area contributed by atoms with Crippen LogP contribution in [0.25, 0.3) is 0 Å². The van der Waals surface area contributed by atoms with Gasteiger partial charge in [0.25, 0.3) is 0 Å². The molecule has 0 unspecified atom stereocenters. The average Bonchev–Trinajstić information content (AvgIpc) is 2.91. The molecule has 1 amide bonds. The third-order valence-electron chi connectivity index (χ3n) is 4.85. The number of carbonyl (C=O) groups excluding carboxylic acids is 1. The Morgan fingerprint density at radius 3 is 2.79 bits per heavy atom. The van der Waals surface area contributed by atoms with Crippen molar-refractivity contribution in [2.75, 3.05) is 39.4 Å². The van der Waals surface area contributed by atoms with E-state index >= 15 is 0 Å². The quantitative estimate of drug-likeness (QED) is 0.860. The van der Waals surface area contributed by atoms with E-state index < -0.39 is 0 Å². The van der Waals surface area contributed by atoms with E-state index in [0.29, 0.717) is 13.2 Å². The smallest absolute Gasteiger partial charge is 0.410 e. The maximum absolute atomic E-state index is 11.8. The molecule has 1 spiro atoms. The van der Waals surface area contributed by atoms with Crippen LogP contribution in [0.2, 0.25) is 0 Å². The van der Waals surface area contributed by atoms with Crippen LogP contribution in [0.1, 0.15) is 25.3 Å². The normalized spacial score (nSPS) is 20.4. The van der Waals surface area contributed by atoms with Gasteiger partial charge < -0.3 is 19.5 Å². The van der Waals surface area contributed by atoms with E-state index in [0.717, 1.165) is 44.8 Å². The Morgan fingerprint density at radius 2 is 2.12 bits per heavy atom. The van der Waals surface area contributed by atoms with Crippen LogP contribution >= 0.6 is 0 Å². The molecule has 0 radical (unpaired) electrons. The molecule has 0 atom stereocenters. The van der Waals surface area contributed by atoms with Crippen molar-refractivity contribution < 1.29 is 19.4 Å². The van der Waals surface area contributed by atoms with Crippen LogP contribution in [-0.2, 0) is 11.3 Å². The predicted octanol–water partition coefficient (Wildman–Crippen LogP) is 1.86. The molecule has 2 aliphatic rings. The van der Waals surface area contributed by atoms with Gasteiger partial charge in [0, 0.05) is 39.0 Å². The number of aliphatic hydroxyl groups excluding tert-OH is 1.